The highest BCUT2D eigenvalue weighted by Crippen LogP contribution is 2.36. The van der Waals surface area contributed by atoms with Crippen molar-refractivity contribution in [2.75, 3.05) is 33.1 Å². The SMILES string of the molecule is CCCCN(C)C(=O)c1cnc(Nc2cc(OC)c(Cl)cc2OC)cn1. The molecular formula is C18H23ClN4O3. The first-order valence-electron chi connectivity index (χ1n) is 8.26. The summed E-state index contributed by atoms with van der Waals surface area (Å²) in [5.41, 5.74) is 0.928. The number of carbonyl (C=O) groups excluding carboxylic acids is 1. The third-order valence-corrected chi connectivity index (χ3v) is 4.10. The molecule has 8 heteroatoms. The van der Waals surface area contributed by atoms with Crippen LogP contribution < -0.4 is 14.8 Å². The number of anilines is 2. The molecule has 1 N–H and O–H groups in total. The molecule has 0 saturated heterocycles. The molecule has 7 nitrogen and oxygen atoms in total. The Morgan fingerprint density at radius 2 is 1.92 bits per heavy atom. The Labute approximate surface area is 158 Å². The minimum atomic E-state index is -0.150. The summed E-state index contributed by atoms with van der Waals surface area (Å²) in [6.45, 7) is 2.78. The largest absolute Gasteiger partial charge is 0.495 e. The lowest BCUT2D eigenvalue weighted by atomic mass is 10.2. The van der Waals surface area contributed by atoms with Crippen molar-refractivity contribution >= 4 is 29.0 Å². The van der Waals surface area contributed by atoms with Crippen LogP contribution in [0.2, 0.25) is 5.02 Å². The van der Waals surface area contributed by atoms with Gasteiger partial charge in [-0.05, 0) is 6.42 Å². The summed E-state index contributed by atoms with van der Waals surface area (Å²) < 4.78 is 10.5. The number of halogens is 1. The topological polar surface area (TPSA) is 76.6 Å². The average molecular weight is 379 g/mol. The zero-order valence-electron chi connectivity index (χ0n) is 15.4. The Morgan fingerprint density at radius 3 is 2.50 bits per heavy atom. The third-order valence-electron chi connectivity index (χ3n) is 3.80. The van der Waals surface area contributed by atoms with Gasteiger partial charge in [0.25, 0.3) is 5.91 Å². The number of amides is 1. The van der Waals surface area contributed by atoms with Crippen LogP contribution in [-0.4, -0.2) is 48.6 Å². The number of rotatable bonds is 8. The molecule has 0 spiro atoms. The van der Waals surface area contributed by atoms with Crippen LogP contribution in [0.3, 0.4) is 0 Å². The zero-order valence-corrected chi connectivity index (χ0v) is 16.1. The summed E-state index contributed by atoms with van der Waals surface area (Å²) in [5.74, 6) is 1.37. The third kappa shape index (κ3) is 4.76. The Kier molecular flexibility index (Phi) is 7.03. The summed E-state index contributed by atoms with van der Waals surface area (Å²) in [4.78, 5) is 22.4. The van der Waals surface area contributed by atoms with Gasteiger partial charge in [0, 0.05) is 25.7 Å². The predicted octanol–water partition coefficient (Wildman–Crippen LogP) is 3.76. The van der Waals surface area contributed by atoms with Gasteiger partial charge in [-0.3, -0.25) is 4.79 Å². The van der Waals surface area contributed by atoms with Gasteiger partial charge < -0.3 is 19.7 Å². The summed E-state index contributed by atoms with van der Waals surface area (Å²) in [6, 6.07) is 3.36. The smallest absolute Gasteiger partial charge is 0.273 e. The number of hydrogen-bond donors (Lipinski definition) is 1. The van der Waals surface area contributed by atoms with Crippen molar-refractivity contribution in [2.24, 2.45) is 0 Å². The molecule has 0 bridgehead atoms. The van der Waals surface area contributed by atoms with Gasteiger partial charge in [0.2, 0.25) is 0 Å². The van der Waals surface area contributed by atoms with Crippen molar-refractivity contribution in [3.63, 3.8) is 0 Å². The Hall–Kier alpha value is -2.54. The molecule has 0 aliphatic heterocycles. The van der Waals surface area contributed by atoms with E-state index in [2.05, 4.69) is 22.2 Å². The normalized spacial score (nSPS) is 10.3. The van der Waals surface area contributed by atoms with E-state index in [0.29, 0.717) is 40.3 Å². The standard InChI is InChI=1S/C18H23ClN4O3/c1-5-6-7-23(2)18(24)14-10-21-17(11-20-14)22-13-9-15(25-3)12(19)8-16(13)26-4/h8-11H,5-7H2,1-4H3,(H,21,22). The van der Waals surface area contributed by atoms with Crippen molar-refractivity contribution in [1.29, 1.82) is 0 Å². The monoisotopic (exact) mass is 378 g/mol. The molecule has 2 aromatic rings. The van der Waals surface area contributed by atoms with Crippen LogP contribution in [0.5, 0.6) is 11.5 Å². The number of hydrogen-bond acceptors (Lipinski definition) is 6. The second kappa shape index (κ2) is 9.24. The molecule has 1 aromatic carbocycles. The van der Waals surface area contributed by atoms with Crippen molar-refractivity contribution in [2.45, 2.75) is 19.8 Å². The summed E-state index contributed by atoms with van der Waals surface area (Å²) in [7, 11) is 4.84. The van der Waals surface area contributed by atoms with E-state index in [1.54, 1.807) is 31.2 Å². The van der Waals surface area contributed by atoms with E-state index >= 15 is 0 Å². The molecule has 1 aromatic heterocycles. The molecule has 1 amide bonds. The number of methoxy groups -OCH3 is 2. The lowest BCUT2D eigenvalue weighted by Crippen LogP contribution is -2.28. The number of carbonyl (C=O) groups is 1. The molecule has 140 valence electrons. The highest BCUT2D eigenvalue weighted by atomic mass is 35.5. The second-order valence-corrected chi connectivity index (χ2v) is 6.09. The van der Waals surface area contributed by atoms with E-state index in [0.717, 1.165) is 12.8 Å². The summed E-state index contributed by atoms with van der Waals surface area (Å²) in [6.07, 6.45) is 4.93. The molecule has 0 aliphatic carbocycles. The second-order valence-electron chi connectivity index (χ2n) is 5.68. The minimum absolute atomic E-state index is 0.150. The molecule has 0 radical (unpaired) electrons. The highest BCUT2D eigenvalue weighted by Gasteiger charge is 2.14. The number of unbranched alkanes of at least 4 members (excludes halogenated alkanes) is 1. The van der Waals surface area contributed by atoms with Crippen LogP contribution in [0.4, 0.5) is 11.5 Å². The quantitative estimate of drug-likeness (QED) is 0.753. The van der Waals surface area contributed by atoms with Crippen LogP contribution in [0, 0.1) is 0 Å². The Balaban J connectivity index is 2.16. The Bertz CT molecular complexity index is 753. The van der Waals surface area contributed by atoms with Crippen molar-refractivity contribution < 1.29 is 14.3 Å². The van der Waals surface area contributed by atoms with Gasteiger partial charge in [0.15, 0.2) is 0 Å². The first-order chi connectivity index (χ1) is 12.5. The van der Waals surface area contributed by atoms with Crippen LogP contribution in [0.25, 0.3) is 0 Å². The highest BCUT2D eigenvalue weighted by molar-refractivity contribution is 6.32. The molecule has 1 heterocycles. The van der Waals surface area contributed by atoms with Gasteiger partial charge >= 0.3 is 0 Å². The maximum Gasteiger partial charge on any atom is 0.273 e. The van der Waals surface area contributed by atoms with Crippen molar-refractivity contribution in [3.05, 3.63) is 35.2 Å². The van der Waals surface area contributed by atoms with E-state index < -0.39 is 0 Å². The van der Waals surface area contributed by atoms with Crippen LogP contribution >= 0.6 is 11.6 Å². The molecule has 26 heavy (non-hydrogen) atoms. The van der Waals surface area contributed by atoms with Crippen LogP contribution in [0.1, 0.15) is 30.3 Å². The van der Waals surface area contributed by atoms with E-state index in [9.17, 15) is 4.79 Å². The lowest BCUT2D eigenvalue weighted by molar-refractivity contribution is 0.0787. The molecule has 0 aliphatic rings. The maximum atomic E-state index is 12.3. The first-order valence-corrected chi connectivity index (χ1v) is 8.64. The Morgan fingerprint density at radius 1 is 1.19 bits per heavy atom. The molecule has 0 unspecified atom stereocenters. The fraction of sp³-hybridized carbons (Fsp3) is 0.389. The number of ether oxygens (including phenoxy) is 2. The van der Waals surface area contributed by atoms with E-state index in [1.165, 1.54) is 19.5 Å². The summed E-state index contributed by atoms with van der Waals surface area (Å²) in [5, 5.41) is 3.53. The van der Waals surface area contributed by atoms with Gasteiger partial charge in [-0.25, -0.2) is 9.97 Å². The van der Waals surface area contributed by atoms with Gasteiger partial charge in [-0.1, -0.05) is 24.9 Å². The van der Waals surface area contributed by atoms with Gasteiger partial charge in [-0.2, -0.15) is 0 Å². The van der Waals surface area contributed by atoms with E-state index in [-0.39, 0.29) is 5.91 Å². The van der Waals surface area contributed by atoms with E-state index in [1.807, 2.05) is 0 Å². The fourth-order valence-corrected chi connectivity index (χ4v) is 2.52. The maximum absolute atomic E-state index is 12.3. The molecule has 0 fully saturated rings. The number of aromatic nitrogens is 2. The molecule has 0 saturated carbocycles. The first kappa shape index (κ1) is 19.8. The number of benzene rings is 1. The predicted molar refractivity (Wildman–Crippen MR) is 102 cm³/mol. The van der Waals surface area contributed by atoms with Gasteiger partial charge in [0.05, 0.1) is 37.3 Å². The number of nitrogens with zero attached hydrogens (tertiary/aromatic N) is 3. The van der Waals surface area contributed by atoms with Gasteiger partial charge in [0.1, 0.15) is 23.0 Å². The molecule has 0 atom stereocenters. The lowest BCUT2D eigenvalue weighted by Gasteiger charge is -2.16. The van der Waals surface area contributed by atoms with E-state index in [4.69, 9.17) is 21.1 Å². The zero-order chi connectivity index (χ0) is 19.1. The van der Waals surface area contributed by atoms with Crippen LogP contribution in [-0.2, 0) is 0 Å². The van der Waals surface area contributed by atoms with Gasteiger partial charge in [-0.15, -0.1) is 0 Å². The fourth-order valence-electron chi connectivity index (χ4n) is 2.29. The van der Waals surface area contributed by atoms with Crippen molar-refractivity contribution in [3.8, 4) is 11.5 Å². The molecular weight excluding hydrogens is 356 g/mol. The average Bonchev–Trinajstić information content (AvgIpc) is 2.67. The summed E-state index contributed by atoms with van der Waals surface area (Å²) >= 11 is 6.10. The minimum Gasteiger partial charge on any atom is -0.495 e. The number of nitrogens with one attached hydrogen (secondary N) is 1. The van der Waals surface area contributed by atoms with Crippen LogP contribution in [0.15, 0.2) is 24.5 Å². The van der Waals surface area contributed by atoms with Crippen molar-refractivity contribution in [1.82, 2.24) is 14.9 Å². The molecule has 2 rings (SSSR count).